The Hall–Kier alpha value is -3.52. The first-order valence-corrected chi connectivity index (χ1v) is 10.1. The summed E-state index contributed by atoms with van der Waals surface area (Å²) in [5.41, 5.74) is 1.21. The Balaban J connectivity index is 1.35. The summed E-state index contributed by atoms with van der Waals surface area (Å²) in [7, 11) is 0. The molecule has 8 heteroatoms. The van der Waals surface area contributed by atoms with Gasteiger partial charge in [-0.05, 0) is 35.9 Å². The van der Waals surface area contributed by atoms with Crippen molar-refractivity contribution in [2.45, 2.75) is 13.5 Å². The van der Waals surface area contributed by atoms with Gasteiger partial charge in [-0.25, -0.2) is 9.18 Å². The lowest BCUT2D eigenvalue weighted by molar-refractivity contribution is 0.101. The van der Waals surface area contributed by atoms with Crippen LogP contribution in [-0.4, -0.2) is 57.6 Å². The molecule has 1 saturated heterocycles. The highest BCUT2D eigenvalue weighted by atomic mass is 19.1. The molecule has 160 valence electrons. The van der Waals surface area contributed by atoms with Gasteiger partial charge in [0.2, 0.25) is 0 Å². The summed E-state index contributed by atoms with van der Waals surface area (Å²) in [6.45, 7) is 4.49. The average Bonchev–Trinajstić information content (AvgIpc) is 3.28. The highest BCUT2D eigenvalue weighted by Gasteiger charge is 2.23. The number of aromatic nitrogens is 2. The number of carbonyl (C=O) groups excluding carboxylic acids is 2. The van der Waals surface area contributed by atoms with Crippen LogP contribution in [0.25, 0.3) is 0 Å². The molecule has 2 heterocycles. The van der Waals surface area contributed by atoms with E-state index in [1.807, 2.05) is 18.2 Å². The van der Waals surface area contributed by atoms with Crippen LogP contribution in [0.15, 0.2) is 60.8 Å². The number of Topliss-reactive ketones (excluding diaryl/α,β-unsaturated/α-hetero) is 1. The first-order chi connectivity index (χ1) is 15.0. The van der Waals surface area contributed by atoms with Gasteiger partial charge in [-0.1, -0.05) is 24.3 Å². The van der Waals surface area contributed by atoms with Gasteiger partial charge in [-0.2, -0.15) is 9.78 Å². The molecule has 1 aliphatic rings. The monoisotopic (exact) mass is 422 g/mol. The van der Waals surface area contributed by atoms with E-state index < -0.39 is 5.82 Å². The van der Waals surface area contributed by atoms with Crippen LogP contribution in [0.2, 0.25) is 0 Å². The molecule has 0 atom stereocenters. The van der Waals surface area contributed by atoms with Crippen molar-refractivity contribution in [1.29, 1.82) is 0 Å². The fourth-order valence-electron chi connectivity index (χ4n) is 3.46. The number of benzene rings is 2. The Morgan fingerprint density at radius 3 is 2.45 bits per heavy atom. The summed E-state index contributed by atoms with van der Waals surface area (Å²) < 4.78 is 21.1. The van der Waals surface area contributed by atoms with Gasteiger partial charge in [-0.3, -0.25) is 9.69 Å². The highest BCUT2D eigenvalue weighted by Crippen LogP contribution is 2.26. The molecule has 3 aromatic rings. The summed E-state index contributed by atoms with van der Waals surface area (Å²) in [5, 5.41) is 4.04. The third kappa shape index (κ3) is 4.97. The summed E-state index contributed by atoms with van der Waals surface area (Å²) in [4.78, 5) is 27.9. The quantitative estimate of drug-likeness (QED) is 0.585. The van der Waals surface area contributed by atoms with Crippen molar-refractivity contribution < 1.29 is 18.7 Å². The largest absolute Gasteiger partial charge is 0.454 e. The van der Waals surface area contributed by atoms with E-state index in [1.54, 1.807) is 35.2 Å². The minimum Gasteiger partial charge on any atom is -0.454 e. The molecule has 0 saturated carbocycles. The van der Waals surface area contributed by atoms with Crippen LogP contribution in [0, 0.1) is 5.82 Å². The molecule has 1 aliphatic heterocycles. The highest BCUT2D eigenvalue weighted by molar-refractivity contribution is 5.92. The van der Waals surface area contributed by atoms with Crippen molar-refractivity contribution >= 4 is 11.8 Å². The number of ether oxygens (including phenoxy) is 1. The summed E-state index contributed by atoms with van der Waals surface area (Å²) in [6.07, 6.45) is 1.51. The predicted molar refractivity (Wildman–Crippen MR) is 113 cm³/mol. The Bertz CT molecular complexity index is 1080. The van der Waals surface area contributed by atoms with Gasteiger partial charge in [0.15, 0.2) is 17.3 Å². The number of hydrogen-bond donors (Lipinski definition) is 0. The maximum atomic E-state index is 14.2. The van der Waals surface area contributed by atoms with Crippen LogP contribution in [-0.2, 0) is 6.54 Å². The molecule has 31 heavy (non-hydrogen) atoms. The minimum absolute atomic E-state index is 0.175. The molecular formula is C23H23FN4O3. The molecule has 1 fully saturated rings. The fourth-order valence-corrected chi connectivity index (χ4v) is 3.46. The summed E-state index contributed by atoms with van der Waals surface area (Å²) >= 11 is 0. The number of piperazine rings is 1. The minimum atomic E-state index is -0.410. The van der Waals surface area contributed by atoms with E-state index in [1.165, 1.54) is 23.9 Å². The second-order valence-electron chi connectivity index (χ2n) is 7.43. The van der Waals surface area contributed by atoms with Crippen LogP contribution >= 0.6 is 0 Å². The van der Waals surface area contributed by atoms with Crippen molar-refractivity contribution in [1.82, 2.24) is 19.6 Å². The maximum absolute atomic E-state index is 14.2. The zero-order valence-electron chi connectivity index (χ0n) is 17.2. The normalized spacial score (nSPS) is 14.5. The molecule has 4 rings (SSSR count). The number of nitrogens with zero attached hydrogens (tertiary/aromatic N) is 4. The molecule has 0 radical (unpaired) electrons. The van der Waals surface area contributed by atoms with E-state index in [0.29, 0.717) is 38.5 Å². The molecule has 1 amide bonds. The molecule has 0 aliphatic carbocycles. The van der Waals surface area contributed by atoms with E-state index >= 15 is 0 Å². The average molecular weight is 422 g/mol. The number of ketones is 1. The van der Waals surface area contributed by atoms with E-state index in [9.17, 15) is 14.0 Å². The van der Waals surface area contributed by atoms with Crippen LogP contribution in [0.3, 0.4) is 0 Å². The van der Waals surface area contributed by atoms with Crippen LogP contribution in [0.1, 0.15) is 23.0 Å². The van der Waals surface area contributed by atoms with Crippen LogP contribution < -0.4 is 4.74 Å². The SMILES string of the molecule is CC(=O)c1ccn(C(=O)N2CCN(Cc3ccc(F)c(Oc4ccccc4)c3)CC2)n1. The van der Waals surface area contributed by atoms with Gasteiger partial charge >= 0.3 is 6.03 Å². The predicted octanol–water partition coefficient (Wildman–Crippen LogP) is 3.80. The van der Waals surface area contributed by atoms with Gasteiger partial charge < -0.3 is 9.64 Å². The molecule has 2 aromatic carbocycles. The standard InChI is InChI=1S/C23H23FN4O3/c1-17(29)21-9-10-28(25-21)23(30)27-13-11-26(12-14-27)16-18-7-8-20(24)22(15-18)31-19-5-3-2-4-6-19/h2-10,15H,11-14,16H2,1H3. The summed E-state index contributed by atoms with van der Waals surface area (Å²) in [5.74, 6) is 0.188. The molecule has 0 unspecified atom stereocenters. The lowest BCUT2D eigenvalue weighted by atomic mass is 10.1. The van der Waals surface area contributed by atoms with Crippen molar-refractivity contribution in [3.63, 3.8) is 0 Å². The number of halogens is 1. The summed E-state index contributed by atoms with van der Waals surface area (Å²) in [6, 6.07) is 15.3. The van der Waals surface area contributed by atoms with Crippen LogP contribution in [0.4, 0.5) is 9.18 Å². The Morgan fingerprint density at radius 1 is 1.03 bits per heavy atom. The van der Waals surface area contributed by atoms with E-state index in [0.717, 1.165) is 5.56 Å². The van der Waals surface area contributed by atoms with Gasteiger partial charge in [0.1, 0.15) is 11.4 Å². The Morgan fingerprint density at radius 2 is 1.77 bits per heavy atom. The zero-order valence-corrected chi connectivity index (χ0v) is 17.2. The molecule has 0 spiro atoms. The van der Waals surface area contributed by atoms with E-state index in [-0.39, 0.29) is 23.3 Å². The lowest BCUT2D eigenvalue weighted by Gasteiger charge is -2.34. The number of hydrogen-bond acceptors (Lipinski definition) is 5. The van der Waals surface area contributed by atoms with Gasteiger partial charge in [0.05, 0.1) is 0 Å². The fraction of sp³-hybridized carbons (Fsp3) is 0.261. The molecular weight excluding hydrogens is 399 g/mol. The third-order valence-corrected chi connectivity index (χ3v) is 5.16. The first-order valence-electron chi connectivity index (χ1n) is 10.1. The molecule has 7 nitrogen and oxygen atoms in total. The van der Waals surface area contributed by atoms with Crippen molar-refractivity contribution in [2.24, 2.45) is 0 Å². The van der Waals surface area contributed by atoms with Crippen molar-refractivity contribution in [2.75, 3.05) is 26.2 Å². The number of amides is 1. The van der Waals surface area contributed by atoms with Crippen molar-refractivity contribution in [3.05, 3.63) is 77.9 Å². The van der Waals surface area contributed by atoms with E-state index in [4.69, 9.17) is 4.74 Å². The first kappa shape index (κ1) is 20.7. The molecule has 0 bridgehead atoms. The number of para-hydroxylation sites is 1. The van der Waals surface area contributed by atoms with Crippen molar-refractivity contribution in [3.8, 4) is 11.5 Å². The maximum Gasteiger partial charge on any atom is 0.344 e. The Labute approximate surface area is 179 Å². The lowest BCUT2D eigenvalue weighted by Crippen LogP contribution is -2.49. The van der Waals surface area contributed by atoms with E-state index in [2.05, 4.69) is 10.00 Å². The second kappa shape index (κ2) is 9.09. The zero-order chi connectivity index (χ0) is 21.8. The second-order valence-corrected chi connectivity index (χ2v) is 7.43. The van der Waals surface area contributed by atoms with Gasteiger partial charge in [0.25, 0.3) is 0 Å². The van der Waals surface area contributed by atoms with Gasteiger partial charge in [-0.15, -0.1) is 0 Å². The smallest absolute Gasteiger partial charge is 0.344 e. The molecule has 1 aromatic heterocycles. The topological polar surface area (TPSA) is 67.7 Å². The van der Waals surface area contributed by atoms with Crippen LogP contribution in [0.5, 0.6) is 11.5 Å². The third-order valence-electron chi connectivity index (χ3n) is 5.16. The Kier molecular flexibility index (Phi) is 6.08. The molecule has 0 N–H and O–H groups in total. The van der Waals surface area contributed by atoms with Gasteiger partial charge in [0, 0.05) is 45.8 Å². The number of rotatable bonds is 5. The number of carbonyl (C=O) groups is 2.